The average Bonchev–Trinajstić information content (AvgIpc) is 2.55. The van der Waals surface area contributed by atoms with Crippen molar-refractivity contribution in [1.82, 2.24) is 0 Å². The molecule has 0 radical (unpaired) electrons. The quantitative estimate of drug-likeness (QED) is 0.655. The maximum absolute atomic E-state index is 10.7. The van der Waals surface area contributed by atoms with E-state index in [1.165, 1.54) is 22.3 Å². The summed E-state index contributed by atoms with van der Waals surface area (Å²) in [6, 6.07) is 8.04. The third kappa shape index (κ3) is 4.66. The molecule has 0 saturated carbocycles. The smallest absolute Gasteiger partial charge is 0.119 e. The number of phenolic OH excluding ortho intramolecular Hbond substituents is 2. The monoisotopic (exact) mass is 368 g/mol. The number of benzene rings is 2. The second-order valence-corrected chi connectivity index (χ2v) is 9.66. The van der Waals surface area contributed by atoms with Crippen molar-refractivity contribution in [2.45, 2.75) is 85.5 Å². The van der Waals surface area contributed by atoms with Gasteiger partial charge in [-0.05, 0) is 69.2 Å². The van der Waals surface area contributed by atoms with Crippen molar-refractivity contribution in [2.24, 2.45) is 0 Å². The number of aromatic hydroxyl groups is 2. The van der Waals surface area contributed by atoms with Gasteiger partial charge in [0.1, 0.15) is 11.5 Å². The highest BCUT2D eigenvalue weighted by Crippen LogP contribution is 2.36. The fourth-order valence-corrected chi connectivity index (χ4v) is 3.84. The van der Waals surface area contributed by atoms with Gasteiger partial charge in [0.2, 0.25) is 0 Å². The van der Waals surface area contributed by atoms with Gasteiger partial charge in [-0.2, -0.15) is 0 Å². The van der Waals surface area contributed by atoms with Gasteiger partial charge in [0.25, 0.3) is 0 Å². The second-order valence-electron chi connectivity index (χ2n) is 9.66. The minimum Gasteiger partial charge on any atom is -0.508 e. The topological polar surface area (TPSA) is 40.5 Å². The van der Waals surface area contributed by atoms with Gasteiger partial charge in [-0.1, -0.05) is 67.5 Å². The summed E-state index contributed by atoms with van der Waals surface area (Å²) in [5.41, 5.74) is 6.64. The summed E-state index contributed by atoms with van der Waals surface area (Å²) >= 11 is 0. The van der Waals surface area contributed by atoms with E-state index in [1.54, 1.807) is 0 Å². The zero-order valence-electron chi connectivity index (χ0n) is 18.3. The van der Waals surface area contributed by atoms with Gasteiger partial charge in [-0.25, -0.2) is 0 Å². The van der Waals surface area contributed by atoms with E-state index < -0.39 is 0 Å². The molecule has 0 aromatic heterocycles. The van der Waals surface area contributed by atoms with E-state index in [2.05, 4.69) is 67.5 Å². The predicted molar refractivity (Wildman–Crippen MR) is 115 cm³/mol. The Kier molecular flexibility index (Phi) is 5.99. The Morgan fingerprint density at radius 2 is 0.926 bits per heavy atom. The summed E-state index contributed by atoms with van der Waals surface area (Å²) in [4.78, 5) is 0. The number of hydrogen-bond donors (Lipinski definition) is 2. The zero-order valence-corrected chi connectivity index (χ0v) is 18.3. The Hall–Kier alpha value is -1.96. The maximum atomic E-state index is 10.7. The summed E-state index contributed by atoms with van der Waals surface area (Å²) in [6.45, 7) is 17.3. The number of rotatable bonds is 4. The van der Waals surface area contributed by atoms with Crippen LogP contribution in [0.2, 0.25) is 0 Å². The molecule has 0 aliphatic heterocycles. The van der Waals surface area contributed by atoms with Crippen LogP contribution in [0.5, 0.6) is 11.5 Å². The highest BCUT2D eigenvalue weighted by Gasteiger charge is 2.22. The second kappa shape index (κ2) is 7.58. The number of phenols is 2. The van der Waals surface area contributed by atoms with E-state index in [0.717, 1.165) is 24.0 Å². The lowest BCUT2D eigenvalue weighted by molar-refractivity contribution is 0.457. The van der Waals surface area contributed by atoms with Gasteiger partial charge >= 0.3 is 0 Å². The summed E-state index contributed by atoms with van der Waals surface area (Å²) < 4.78 is 0. The molecule has 0 aliphatic carbocycles. The van der Waals surface area contributed by atoms with Crippen molar-refractivity contribution in [3.8, 4) is 11.5 Å². The molecule has 2 heteroatoms. The average molecular weight is 369 g/mol. The fraction of sp³-hybridized carbons (Fsp3) is 0.520. The van der Waals surface area contributed by atoms with Crippen molar-refractivity contribution in [3.05, 3.63) is 57.6 Å². The molecule has 0 atom stereocenters. The molecule has 0 saturated heterocycles. The van der Waals surface area contributed by atoms with Gasteiger partial charge < -0.3 is 10.2 Å². The number of hydrogen-bond acceptors (Lipinski definition) is 2. The summed E-state index contributed by atoms with van der Waals surface area (Å²) in [7, 11) is 0. The summed E-state index contributed by atoms with van der Waals surface area (Å²) in [6.07, 6.45) is 2.39. The van der Waals surface area contributed by atoms with Crippen molar-refractivity contribution in [1.29, 1.82) is 0 Å². The molecule has 2 rings (SSSR count). The van der Waals surface area contributed by atoms with Crippen LogP contribution in [0.25, 0.3) is 0 Å². The van der Waals surface area contributed by atoms with E-state index in [1.807, 2.05) is 12.1 Å². The van der Waals surface area contributed by atoms with Crippen LogP contribution in [0.4, 0.5) is 0 Å². The van der Waals surface area contributed by atoms with Crippen molar-refractivity contribution < 1.29 is 10.2 Å². The Balaban J connectivity index is 2.51. The Labute approximate surface area is 165 Å². The minimum absolute atomic E-state index is 0.00672. The molecule has 0 bridgehead atoms. The van der Waals surface area contributed by atoms with Gasteiger partial charge in [-0.15, -0.1) is 0 Å². The van der Waals surface area contributed by atoms with E-state index in [-0.39, 0.29) is 10.8 Å². The van der Waals surface area contributed by atoms with Gasteiger partial charge in [-0.3, -0.25) is 0 Å². The molecule has 27 heavy (non-hydrogen) atoms. The third-order valence-corrected chi connectivity index (χ3v) is 5.37. The fourth-order valence-electron chi connectivity index (χ4n) is 3.84. The maximum Gasteiger partial charge on any atom is 0.119 e. The lowest BCUT2D eigenvalue weighted by Gasteiger charge is -2.25. The molecule has 0 fully saturated rings. The van der Waals surface area contributed by atoms with Crippen LogP contribution in [0, 0.1) is 0 Å². The largest absolute Gasteiger partial charge is 0.508 e. The molecule has 0 aliphatic rings. The first-order valence-corrected chi connectivity index (χ1v) is 10.1. The molecule has 2 aromatic rings. The molecule has 148 valence electrons. The van der Waals surface area contributed by atoms with E-state index in [0.29, 0.717) is 17.9 Å². The number of aryl methyl sites for hydroxylation is 2. The van der Waals surface area contributed by atoms with Gasteiger partial charge in [0.15, 0.2) is 0 Å². The zero-order chi connectivity index (χ0) is 20.6. The predicted octanol–water partition coefficient (Wildman–Crippen LogP) is 6.41. The molecule has 2 N–H and O–H groups in total. The third-order valence-electron chi connectivity index (χ3n) is 5.37. The van der Waals surface area contributed by atoms with Crippen LogP contribution >= 0.6 is 0 Å². The molecular formula is C25H36O2. The molecule has 0 unspecified atom stereocenters. The summed E-state index contributed by atoms with van der Waals surface area (Å²) in [5, 5.41) is 21.3. The van der Waals surface area contributed by atoms with Gasteiger partial charge in [0, 0.05) is 6.42 Å². The van der Waals surface area contributed by atoms with Crippen LogP contribution in [-0.4, -0.2) is 10.2 Å². The standard InChI is InChI=1S/C25H36O2/c1-9-16-11-18(22(26)14-20(16)24(3,4)5)13-19-12-17(10-2)21(15-23(19)27)25(6,7)8/h11-12,14-15,26-27H,9-10,13H2,1-8H3. The first kappa shape index (κ1) is 21.3. The van der Waals surface area contributed by atoms with Crippen LogP contribution < -0.4 is 0 Å². The lowest BCUT2D eigenvalue weighted by Crippen LogP contribution is -2.15. The van der Waals surface area contributed by atoms with Gasteiger partial charge in [0.05, 0.1) is 0 Å². The molecule has 0 amide bonds. The normalized spacial score (nSPS) is 12.4. The van der Waals surface area contributed by atoms with Crippen LogP contribution in [-0.2, 0) is 30.1 Å². The van der Waals surface area contributed by atoms with E-state index in [4.69, 9.17) is 0 Å². The lowest BCUT2D eigenvalue weighted by atomic mass is 9.80. The minimum atomic E-state index is -0.00672. The molecule has 2 nitrogen and oxygen atoms in total. The van der Waals surface area contributed by atoms with E-state index >= 15 is 0 Å². The first-order valence-electron chi connectivity index (χ1n) is 10.1. The van der Waals surface area contributed by atoms with E-state index in [9.17, 15) is 10.2 Å². The summed E-state index contributed by atoms with van der Waals surface area (Å²) in [5.74, 6) is 0.629. The molecular weight excluding hydrogens is 332 g/mol. The van der Waals surface area contributed by atoms with Crippen LogP contribution in [0.3, 0.4) is 0 Å². The highest BCUT2D eigenvalue weighted by molar-refractivity contribution is 5.51. The first-order chi connectivity index (χ1) is 12.4. The Morgan fingerprint density at radius 1 is 0.593 bits per heavy atom. The van der Waals surface area contributed by atoms with Crippen molar-refractivity contribution in [2.75, 3.05) is 0 Å². The molecule has 0 spiro atoms. The Bertz CT molecular complexity index is 748. The molecule has 2 aromatic carbocycles. The SMILES string of the molecule is CCc1cc(Cc2cc(CC)c(C(C)(C)C)cc2O)c(O)cc1C(C)(C)C. The van der Waals surface area contributed by atoms with Crippen LogP contribution in [0.15, 0.2) is 24.3 Å². The Morgan fingerprint density at radius 3 is 1.19 bits per heavy atom. The highest BCUT2D eigenvalue weighted by atomic mass is 16.3. The van der Waals surface area contributed by atoms with Crippen molar-refractivity contribution >= 4 is 0 Å². The van der Waals surface area contributed by atoms with Crippen molar-refractivity contribution in [3.63, 3.8) is 0 Å². The van der Waals surface area contributed by atoms with Crippen LogP contribution in [0.1, 0.15) is 88.8 Å². The molecule has 0 heterocycles.